The topological polar surface area (TPSA) is 91.5 Å². The second-order valence-corrected chi connectivity index (χ2v) is 8.07. The van der Waals surface area contributed by atoms with Crippen molar-refractivity contribution in [3.8, 4) is 0 Å². The summed E-state index contributed by atoms with van der Waals surface area (Å²) in [4.78, 5) is 41.4. The molecule has 0 spiro atoms. The van der Waals surface area contributed by atoms with Crippen LogP contribution in [0.5, 0.6) is 0 Å². The van der Waals surface area contributed by atoms with Crippen LogP contribution in [0.2, 0.25) is 0 Å². The molecule has 2 saturated heterocycles. The number of hydrogen-bond donors (Lipinski definition) is 1. The van der Waals surface area contributed by atoms with E-state index in [1.165, 1.54) is 0 Å². The molecule has 3 rings (SSSR count). The lowest BCUT2D eigenvalue weighted by molar-refractivity contribution is -0.144. The lowest BCUT2D eigenvalue weighted by Crippen LogP contribution is -2.56. The fraction of sp³-hybridized carbons (Fsp3) is 0.591. The zero-order chi connectivity index (χ0) is 21.7. The van der Waals surface area contributed by atoms with Gasteiger partial charge in [0, 0.05) is 31.9 Å². The number of amides is 2. The Kier molecular flexibility index (Phi) is 7.31. The van der Waals surface area contributed by atoms with Crippen LogP contribution in [0.15, 0.2) is 30.3 Å². The van der Waals surface area contributed by atoms with Gasteiger partial charge >= 0.3 is 5.97 Å². The number of para-hydroxylation sites is 1. The molecule has 0 radical (unpaired) electrons. The highest BCUT2D eigenvalue weighted by Crippen LogP contribution is 2.24. The Morgan fingerprint density at radius 2 is 1.77 bits per heavy atom. The van der Waals surface area contributed by atoms with Gasteiger partial charge in [0.25, 0.3) is 5.91 Å². The Morgan fingerprint density at radius 3 is 2.37 bits per heavy atom. The number of anilines is 1. The fourth-order valence-electron chi connectivity index (χ4n) is 3.71. The SMILES string of the molecule is CCOC(=O)[C@H]1O[C@@H]1C(=O)N[C@@H](CC(C)C)C(=O)N1CCN(c2ccccc2)CC1. The van der Waals surface area contributed by atoms with E-state index in [0.717, 1.165) is 18.8 Å². The minimum atomic E-state index is -0.874. The first kappa shape index (κ1) is 22.1. The number of esters is 1. The molecule has 3 atom stereocenters. The van der Waals surface area contributed by atoms with Crippen LogP contribution in [0.1, 0.15) is 27.2 Å². The van der Waals surface area contributed by atoms with Gasteiger partial charge in [-0.15, -0.1) is 0 Å². The Morgan fingerprint density at radius 1 is 1.10 bits per heavy atom. The van der Waals surface area contributed by atoms with Gasteiger partial charge in [0.05, 0.1) is 6.61 Å². The molecule has 0 aromatic heterocycles. The summed E-state index contributed by atoms with van der Waals surface area (Å²) in [7, 11) is 0. The molecule has 0 aliphatic carbocycles. The third-order valence-corrected chi connectivity index (χ3v) is 5.30. The Labute approximate surface area is 177 Å². The molecular weight excluding hydrogens is 386 g/mol. The second kappa shape index (κ2) is 9.93. The van der Waals surface area contributed by atoms with E-state index in [1.54, 1.807) is 6.92 Å². The highest BCUT2D eigenvalue weighted by atomic mass is 16.6. The van der Waals surface area contributed by atoms with Crippen molar-refractivity contribution in [1.29, 1.82) is 0 Å². The molecule has 8 nitrogen and oxygen atoms in total. The lowest BCUT2D eigenvalue weighted by Gasteiger charge is -2.38. The Hall–Kier alpha value is -2.61. The van der Waals surface area contributed by atoms with E-state index in [0.29, 0.717) is 19.5 Å². The molecule has 2 fully saturated rings. The largest absolute Gasteiger partial charge is 0.464 e. The molecule has 1 N–H and O–H groups in total. The van der Waals surface area contributed by atoms with Crippen molar-refractivity contribution in [2.75, 3.05) is 37.7 Å². The van der Waals surface area contributed by atoms with Crippen LogP contribution in [-0.4, -0.2) is 73.7 Å². The molecule has 2 amide bonds. The predicted octanol–water partition coefficient (Wildman–Crippen LogP) is 1.20. The number of nitrogens with zero attached hydrogens (tertiary/aromatic N) is 2. The fourth-order valence-corrected chi connectivity index (χ4v) is 3.71. The van der Waals surface area contributed by atoms with Crippen molar-refractivity contribution in [2.24, 2.45) is 5.92 Å². The van der Waals surface area contributed by atoms with Crippen LogP contribution in [0, 0.1) is 5.92 Å². The molecule has 8 heteroatoms. The van der Waals surface area contributed by atoms with Gasteiger partial charge in [0.2, 0.25) is 5.91 Å². The molecule has 1 aromatic rings. The van der Waals surface area contributed by atoms with Crippen molar-refractivity contribution in [3.63, 3.8) is 0 Å². The predicted molar refractivity (Wildman–Crippen MR) is 112 cm³/mol. The number of piperazine rings is 1. The van der Waals surface area contributed by atoms with E-state index >= 15 is 0 Å². The van der Waals surface area contributed by atoms with Crippen molar-refractivity contribution < 1.29 is 23.9 Å². The van der Waals surface area contributed by atoms with Gasteiger partial charge in [-0.3, -0.25) is 9.59 Å². The van der Waals surface area contributed by atoms with E-state index in [1.807, 2.05) is 36.9 Å². The summed E-state index contributed by atoms with van der Waals surface area (Å²) in [5.41, 5.74) is 1.15. The molecule has 0 saturated carbocycles. The van der Waals surface area contributed by atoms with E-state index in [4.69, 9.17) is 9.47 Å². The Bertz CT molecular complexity index is 746. The van der Waals surface area contributed by atoms with Gasteiger partial charge in [0.15, 0.2) is 12.2 Å². The van der Waals surface area contributed by atoms with Crippen molar-refractivity contribution >= 4 is 23.5 Å². The van der Waals surface area contributed by atoms with Crippen molar-refractivity contribution in [2.45, 2.75) is 45.4 Å². The summed E-state index contributed by atoms with van der Waals surface area (Å²) < 4.78 is 10.1. The zero-order valence-electron chi connectivity index (χ0n) is 17.9. The Balaban J connectivity index is 1.55. The van der Waals surface area contributed by atoms with Crippen LogP contribution < -0.4 is 10.2 Å². The number of nitrogens with one attached hydrogen (secondary N) is 1. The molecule has 0 bridgehead atoms. The van der Waals surface area contributed by atoms with E-state index in [-0.39, 0.29) is 18.4 Å². The molecule has 2 aliphatic heterocycles. The highest BCUT2D eigenvalue weighted by Gasteiger charge is 2.52. The molecule has 164 valence electrons. The van der Waals surface area contributed by atoms with Gasteiger partial charge in [-0.2, -0.15) is 0 Å². The van der Waals surface area contributed by atoms with Gasteiger partial charge in [-0.1, -0.05) is 32.0 Å². The molecule has 1 aromatic carbocycles. The lowest BCUT2D eigenvalue weighted by atomic mass is 10.0. The summed E-state index contributed by atoms with van der Waals surface area (Å²) >= 11 is 0. The zero-order valence-corrected chi connectivity index (χ0v) is 17.9. The minimum Gasteiger partial charge on any atom is -0.464 e. The normalized spacial score (nSPS) is 21.9. The maximum Gasteiger partial charge on any atom is 0.338 e. The smallest absolute Gasteiger partial charge is 0.338 e. The van der Waals surface area contributed by atoms with Crippen LogP contribution in [0.25, 0.3) is 0 Å². The van der Waals surface area contributed by atoms with Crippen LogP contribution in [-0.2, 0) is 23.9 Å². The van der Waals surface area contributed by atoms with E-state index < -0.39 is 30.1 Å². The standard InChI is InChI=1S/C22H31N3O5/c1-4-29-22(28)19-18(30-19)20(26)23-17(14-15(2)3)21(27)25-12-10-24(11-13-25)16-8-6-5-7-9-16/h5-9,15,17-19H,4,10-14H2,1-3H3,(H,23,26)/t17-,18-,19-/m0/s1. The average molecular weight is 418 g/mol. The molecule has 0 unspecified atom stereocenters. The van der Waals surface area contributed by atoms with E-state index in [9.17, 15) is 14.4 Å². The molecule has 2 heterocycles. The minimum absolute atomic E-state index is 0.0851. The first-order valence-electron chi connectivity index (χ1n) is 10.6. The number of rotatable bonds is 8. The van der Waals surface area contributed by atoms with Crippen LogP contribution >= 0.6 is 0 Å². The van der Waals surface area contributed by atoms with Gasteiger partial charge in [0.1, 0.15) is 6.04 Å². The second-order valence-electron chi connectivity index (χ2n) is 8.07. The van der Waals surface area contributed by atoms with Gasteiger partial charge < -0.3 is 24.6 Å². The number of ether oxygens (including phenoxy) is 2. The van der Waals surface area contributed by atoms with Gasteiger partial charge in [-0.25, -0.2) is 4.79 Å². The number of epoxide rings is 1. The molecular formula is C22H31N3O5. The number of hydrogen-bond acceptors (Lipinski definition) is 6. The first-order valence-corrected chi connectivity index (χ1v) is 10.6. The third-order valence-electron chi connectivity index (χ3n) is 5.30. The van der Waals surface area contributed by atoms with Crippen LogP contribution in [0.3, 0.4) is 0 Å². The molecule has 30 heavy (non-hydrogen) atoms. The highest BCUT2D eigenvalue weighted by molar-refractivity contribution is 5.95. The quantitative estimate of drug-likeness (QED) is 0.505. The van der Waals surface area contributed by atoms with Crippen LogP contribution in [0.4, 0.5) is 5.69 Å². The third kappa shape index (κ3) is 5.50. The molecule has 2 aliphatic rings. The summed E-state index contributed by atoms with van der Waals surface area (Å²) in [6.45, 7) is 8.64. The summed E-state index contributed by atoms with van der Waals surface area (Å²) in [6.07, 6.45) is -1.21. The van der Waals surface area contributed by atoms with Gasteiger partial charge in [-0.05, 0) is 31.4 Å². The van der Waals surface area contributed by atoms with Crippen molar-refractivity contribution in [1.82, 2.24) is 10.2 Å². The first-order chi connectivity index (χ1) is 14.4. The summed E-state index contributed by atoms with van der Waals surface area (Å²) in [6, 6.07) is 9.49. The maximum absolute atomic E-state index is 13.1. The average Bonchev–Trinajstić information content (AvgIpc) is 3.55. The van der Waals surface area contributed by atoms with E-state index in [2.05, 4.69) is 22.3 Å². The maximum atomic E-state index is 13.1. The number of benzene rings is 1. The van der Waals surface area contributed by atoms with Crippen molar-refractivity contribution in [3.05, 3.63) is 30.3 Å². The monoisotopic (exact) mass is 417 g/mol. The summed E-state index contributed by atoms with van der Waals surface area (Å²) in [5, 5.41) is 2.80. The number of carbonyl (C=O) groups is 3. The summed E-state index contributed by atoms with van der Waals surface area (Å²) in [5.74, 6) is -0.833. The number of carbonyl (C=O) groups excluding carboxylic acids is 3.